The number of aromatic nitrogens is 3. The highest BCUT2D eigenvalue weighted by molar-refractivity contribution is 5.88. The van der Waals surface area contributed by atoms with Gasteiger partial charge in [-0.25, -0.2) is 0 Å². The summed E-state index contributed by atoms with van der Waals surface area (Å²) in [5.74, 6) is 0.824. The lowest BCUT2D eigenvalue weighted by atomic mass is 10.2. The number of fused-ring (bicyclic) bond motifs is 1. The van der Waals surface area contributed by atoms with Crippen molar-refractivity contribution in [1.82, 2.24) is 20.3 Å². The van der Waals surface area contributed by atoms with Gasteiger partial charge in [-0.05, 0) is 43.4 Å². The number of hydrogen-bond acceptors (Lipinski definition) is 5. The molecule has 0 atom stereocenters. The van der Waals surface area contributed by atoms with Gasteiger partial charge in [0.1, 0.15) is 0 Å². The molecule has 0 saturated heterocycles. The highest BCUT2D eigenvalue weighted by atomic mass is 15.3. The Morgan fingerprint density at radius 1 is 1.11 bits per heavy atom. The smallest absolute Gasteiger partial charge is 0.160 e. The highest BCUT2D eigenvalue weighted by Crippen LogP contribution is 2.17. The van der Waals surface area contributed by atoms with Crippen molar-refractivity contribution in [2.24, 2.45) is 0 Å². The Labute approximate surface area is 114 Å². The van der Waals surface area contributed by atoms with Gasteiger partial charge < -0.3 is 10.2 Å². The summed E-state index contributed by atoms with van der Waals surface area (Å²) in [6.45, 7) is 8.61. The van der Waals surface area contributed by atoms with Crippen LogP contribution in [0.4, 0.5) is 5.82 Å². The van der Waals surface area contributed by atoms with Gasteiger partial charge in [0, 0.05) is 11.9 Å². The molecule has 1 aromatic carbocycles. The normalized spacial score (nSPS) is 11.1. The van der Waals surface area contributed by atoms with E-state index >= 15 is 0 Å². The molecule has 19 heavy (non-hydrogen) atoms. The molecule has 1 N–H and O–H groups in total. The minimum Gasteiger partial charge on any atom is -0.368 e. The fourth-order valence-corrected chi connectivity index (χ4v) is 2.11. The molecule has 5 nitrogen and oxygen atoms in total. The van der Waals surface area contributed by atoms with Gasteiger partial charge in [-0.3, -0.25) is 0 Å². The number of benzene rings is 1. The molecule has 0 amide bonds. The van der Waals surface area contributed by atoms with E-state index in [9.17, 15) is 0 Å². The van der Waals surface area contributed by atoms with Crippen molar-refractivity contribution >= 4 is 16.7 Å². The SMILES string of the molecule is CCN(CC)CCCNc1nnnc2ccccc12. The molecule has 1 aromatic heterocycles. The zero-order valence-electron chi connectivity index (χ0n) is 11.6. The van der Waals surface area contributed by atoms with Crippen molar-refractivity contribution in [1.29, 1.82) is 0 Å². The second-order valence-electron chi connectivity index (χ2n) is 4.46. The summed E-state index contributed by atoms with van der Waals surface area (Å²) in [5.41, 5.74) is 0.878. The second-order valence-corrected chi connectivity index (χ2v) is 4.46. The summed E-state index contributed by atoms with van der Waals surface area (Å²) in [6.07, 6.45) is 1.10. The fourth-order valence-electron chi connectivity index (χ4n) is 2.11. The molecule has 2 aromatic rings. The average molecular weight is 259 g/mol. The van der Waals surface area contributed by atoms with Crippen molar-refractivity contribution in [2.75, 3.05) is 31.5 Å². The molecule has 0 saturated carbocycles. The molecule has 1 heterocycles. The lowest BCUT2D eigenvalue weighted by Crippen LogP contribution is -2.25. The van der Waals surface area contributed by atoms with E-state index in [2.05, 4.69) is 39.5 Å². The maximum absolute atomic E-state index is 4.08. The van der Waals surface area contributed by atoms with Crippen LogP contribution in [0.25, 0.3) is 10.9 Å². The molecule has 0 bridgehead atoms. The van der Waals surface area contributed by atoms with E-state index in [0.29, 0.717) is 0 Å². The van der Waals surface area contributed by atoms with Gasteiger partial charge in [-0.15, -0.1) is 10.2 Å². The number of anilines is 1. The monoisotopic (exact) mass is 259 g/mol. The molecule has 102 valence electrons. The lowest BCUT2D eigenvalue weighted by molar-refractivity contribution is 0.303. The van der Waals surface area contributed by atoms with E-state index in [1.54, 1.807) is 0 Å². The summed E-state index contributed by atoms with van der Waals surface area (Å²) in [6, 6.07) is 7.92. The molecule has 0 fully saturated rings. The van der Waals surface area contributed by atoms with Crippen molar-refractivity contribution in [2.45, 2.75) is 20.3 Å². The van der Waals surface area contributed by atoms with Gasteiger partial charge in [0.25, 0.3) is 0 Å². The largest absolute Gasteiger partial charge is 0.368 e. The maximum atomic E-state index is 4.08. The molecule has 2 rings (SSSR count). The van der Waals surface area contributed by atoms with Gasteiger partial charge in [-0.1, -0.05) is 26.0 Å². The summed E-state index contributed by atoms with van der Waals surface area (Å²) in [7, 11) is 0. The Hall–Kier alpha value is -1.75. The Balaban J connectivity index is 1.91. The van der Waals surface area contributed by atoms with E-state index < -0.39 is 0 Å². The number of nitrogens with one attached hydrogen (secondary N) is 1. The lowest BCUT2D eigenvalue weighted by Gasteiger charge is -2.17. The van der Waals surface area contributed by atoms with Crippen molar-refractivity contribution in [3.63, 3.8) is 0 Å². The minimum absolute atomic E-state index is 0.824. The first-order valence-corrected chi connectivity index (χ1v) is 6.89. The first kappa shape index (κ1) is 13.7. The summed E-state index contributed by atoms with van der Waals surface area (Å²) in [4.78, 5) is 2.41. The number of nitrogens with zero attached hydrogens (tertiary/aromatic N) is 4. The predicted molar refractivity (Wildman–Crippen MR) is 78.2 cm³/mol. The van der Waals surface area contributed by atoms with Crippen molar-refractivity contribution < 1.29 is 0 Å². The molecule has 0 aliphatic heterocycles. The molecular formula is C14H21N5. The van der Waals surface area contributed by atoms with Crippen LogP contribution in [0.5, 0.6) is 0 Å². The molecule has 0 aliphatic carbocycles. The number of hydrogen-bond donors (Lipinski definition) is 1. The minimum atomic E-state index is 0.824. The predicted octanol–water partition coefficient (Wildman–Crippen LogP) is 2.17. The highest BCUT2D eigenvalue weighted by Gasteiger charge is 2.03. The average Bonchev–Trinajstić information content (AvgIpc) is 2.47. The third-order valence-corrected chi connectivity index (χ3v) is 3.29. The fraction of sp³-hybridized carbons (Fsp3) is 0.500. The molecule has 0 unspecified atom stereocenters. The van der Waals surface area contributed by atoms with E-state index in [0.717, 1.165) is 49.3 Å². The van der Waals surface area contributed by atoms with Crippen LogP contribution in [0.3, 0.4) is 0 Å². The van der Waals surface area contributed by atoms with Crippen LogP contribution in [-0.2, 0) is 0 Å². The Morgan fingerprint density at radius 3 is 2.68 bits per heavy atom. The first-order valence-electron chi connectivity index (χ1n) is 6.89. The molecule has 0 radical (unpaired) electrons. The zero-order valence-corrected chi connectivity index (χ0v) is 11.6. The van der Waals surface area contributed by atoms with Gasteiger partial charge in [-0.2, -0.15) is 0 Å². The third-order valence-electron chi connectivity index (χ3n) is 3.29. The topological polar surface area (TPSA) is 53.9 Å². The Kier molecular flexibility index (Phi) is 5.03. The Bertz CT molecular complexity index is 505. The van der Waals surface area contributed by atoms with Gasteiger partial charge >= 0.3 is 0 Å². The van der Waals surface area contributed by atoms with Crippen LogP contribution in [-0.4, -0.2) is 46.5 Å². The van der Waals surface area contributed by atoms with Crippen LogP contribution in [0, 0.1) is 0 Å². The quantitative estimate of drug-likeness (QED) is 0.772. The van der Waals surface area contributed by atoms with Crippen LogP contribution >= 0.6 is 0 Å². The van der Waals surface area contributed by atoms with E-state index in [-0.39, 0.29) is 0 Å². The zero-order chi connectivity index (χ0) is 13.5. The maximum Gasteiger partial charge on any atom is 0.160 e. The van der Waals surface area contributed by atoms with Gasteiger partial charge in [0.2, 0.25) is 0 Å². The van der Waals surface area contributed by atoms with Crippen molar-refractivity contribution in [3.8, 4) is 0 Å². The summed E-state index contributed by atoms with van der Waals surface area (Å²) in [5, 5.41) is 16.3. The summed E-state index contributed by atoms with van der Waals surface area (Å²) < 4.78 is 0. The van der Waals surface area contributed by atoms with Crippen molar-refractivity contribution in [3.05, 3.63) is 24.3 Å². The number of rotatable bonds is 7. The van der Waals surface area contributed by atoms with Crippen LogP contribution in [0.15, 0.2) is 24.3 Å². The van der Waals surface area contributed by atoms with E-state index in [4.69, 9.17) is 0 Å². The Morgan fingerprint density at radius 2 is 1.89 bits per heavy atom. The molecule has 0 aliphatic rings. The summed E-state index contributed by atoms with van der Waals surface area (Å²) >= 11 is 0. The standard InChI is InChI=1S/C14H21N5/c1-3-19(4-2)11-7-10-15-14-12-8-5-6-9-13(12)16-18-17-14/h5-6,8-9H,3-4,7,10-11H2,1-2H3,(H,15,16,17). The van der Waals surface area contributed by atoms with Gasteiger partial charge in [0.05, 0.1) is 5.52 Å². The second kappa shape index (κ2) is 6.99. The van der Waals surface area contributed by atoms with Gasteiger partial charge in [0.15, 0.2) is 5.82 Å². The van der Waals surface area contributed by atoms with E-state index in [1.165, 1.54) is 0 Å². The van der Waals surface area contributed by atoms with Crippen LogP contribution in [0.1, 0.15) is 20.3 Å². The molecule has 0 spiro atoms. The molecule has 5 heteroatoms. The third kappa shape index (κ3) is 3.61. The van der Waals surface area contributed by atoms with Crippen LogP contribution < -0.4 is 5.32 Å². The first-order chi connectivity index (χ1) is 9.35. The van der Waals surface area contributed by atoms with Crippen LogP contribution in [0.2, 0.25) is 0 Å². The van der Waals surface area contributed by atoms with E-state index in [1.807, 2.05) is 24.3 Å². The molecular weight excluding hydrogens is 238 g/mol.